The van der Waals surface area contributed by atoms with Crippen LogP contribution in [0.5, 0.6) is 0 Å². The predicted octanol–water partition coefficient (Wildman–Crippen LogP) is 2.19. The molecular weight excluding hydrogens is 290 g/mol. The van der Waals surface area contributed by atoms with Crippen LogP contribution in [-0.2, 0) is 11.3 Å². The van der Waals surface area contributed by atoms with Gasteiger partial charge in [0.1, 0.15) is 17.7 Å². The lowest BCUT2D eigenvalue weighted by Gasteiger charge is -2.32. The van der Waals surface area contributed by atoms with Crippen LogP contribution in [0.4, 0.5) is 11.6 Å². The van der Waals surface area contributed by atoms with Gasteiger partial charge in [-0.1, -0.05) is 6.07 Å². The first-order chi connectivity index (χ1) is 11.3. The van der Waals surface area contributed by atoms with Crippen molar-refractivity contribution in [2.75, 3.05) is 29.9 Å². The van der Waals surface area contributed by atoms with Gasteiger partial charge in [-0.15, -0.1) is 0 Å². The first-order valence-corrected chi connectivity index (χ1v) is 7.67. The fourth-order valence-electron chi connectivity index (χ4n) is 2.56. The molecule has 1 saturated heterocycles. The van der Waals surface area contributed by atoms with Crippen LogP contribution in [0.1, 0.15) is 18.1 Å². The van der Waals surface area contributed by atoms with Gasteiger partial charge in [0, 0.05) is 32.0 Å². The summed E-state index contributed by atoms with van der Waals surface area (Å²) < 4.78 is 5.55. The SMILES string of the molecule is C[C@H]1CN(c2ccc(CNc3ncccc3C#N)cn2)CCO1. The number of rotatable bonds is 4. The molecular formula is C17H19N5O. The van der Waals surface area contributed by atoms with Crippen molar-refractivity contribution in [3.63, 3.8) is 0 Å². The molecule has 0 bridgehead atoms. The summed E-state index contributed by atoms with van der Waals surface area (Å²) in [4.78, 5) is 11.0. The van der Waals surface area contributed by atoms with Crippen LogP contribution >= 0.6 is 0 Å². The third-order valence-corrected chi connectivity index (χ3v) is 3.76. The molecule has 0 amide bonds. The zero-order chi connectivity index (χ0) is 16.1. The minimum atomic E-state index is 0.237. The number of hydrogen-bond acceptors (Lipinski definition) is 6. The molecule has 1 aliphatic heterocycles. The second-order valence-corrected chi connectivity index (χ2v) is 5.52. The first-order valence-electron chi connectivity index (χ1n) is 7.67. The standard InChI is InChI=1S/C17H19N5O/c1-13-12-22(7-8-23-13)16-5-4-14(10-20-16)11-21-17-15(9-18)3-2-6-19-17/h2-6,10,13H,7-8,11-12H2,1H3,(H,19,21)/t13-/m0/s1. The largest absolute Gasteiger partial charge is 0.375 e. The zero-order valence-corrected chi connectivity index (χ0v) is 13.1. The van der Waals surface area contributed by atoms with Crippen LogP contribution in [0.25, 0.3) is 0 Å². The molecule has 118 valence electrons. The highest BCUT2D eigenvalue weighted by Crippen LogP contribution is 2.16. The summed E-state index contributed by atoms with van der Waals surface area (Å²) in [5.74, 6) is 1.57. The quantitative estimate of drug-likeness (QED) is 0.933. The zero-order valence-electron chi connectivity index (χ0n) is 13.1. The number of hydrogen-bond donors (Lipinski definition) is 1. The summed E-state index contributed by atoms with van der Waals surface area (Å²) in [7, 11) is 0. The first kappa shape index (κ1) is 15.3. The second kappa shape index (κ2) is 7.07. The van der Waals surface area contributed by atoms with Gasteiger partial charge in [0.05, 0.1) is 18.3 Å². The summed E-state index contributed by atoms with van der Waals surface area (Å²) in [6, 6.07) is 9.70. The van der Waals surface area contributed by atoms with Crippen molar-refractivity contribution >= 4 is 11.6 Å². The van der Waals surface area contributed by atoms with Crippen LogP contribution in [-0.4, -0.2) is 35.8 Å². The summed E-state index contributed by atoms with van der Waals surface area (Å²) in [6.07, 6.45) is 3.77. The molecule has 3 heterocycles. The van der Waals surface area contributed by atoms with Gasteiger partial charge in [-0.25, -0.2) is 9.97 Å². The van der Waals surface area contributed by atoms with Gasteiger partial charge in [-0.05, 0) is 30.7 Å². The van der Waals surface area contributed by atoms with E-state index in [1.807, 2.05) is 18.3 Å². The number of ether oxygens (including phenoxy) is 1. The van der Waals surface area contributed by atoms with Crippen LogP contribution < -0.4 is 10.2 Å². The number of anilines is 2. The Morgan fingerprint density at radius 1 is 1.39 bits per heavy atom. The Kier molecular flexibility index (Phi) is 4.69. The number of aromatic nitrogens is 2. The van der Waals surface area contributed by atoms with Crippen LogP contribution in [0.3, 0.4) is 0 Å². The normalized spacial score (nSPS) is 17.6. The maximum Gasteiger partial charge on any atom is 0.144 e. The molecule has 3 rings (SSSR count). The maximum absolute atomic E-state index is 9.06. The monoisotopic (exact) mass is 309 g/mol. The minimum absolute atomic E-state index is 0.237. The number of nitrogens with zero attached hydrogens (tertiary/aromatic N) is 4. The Labute approximate surface area is 135 Å². The Bertz CT molecular complexity index is 695. The molecule has 6 heteroatoms. The molecule has 6 nitrogen and oxygen atoms in total. The fraction of sp³-hybridized carbons (Fsp3) is 0.353. The van der Waals surface area contributed by atoms with Crippen molar-refractivity contribution in [1.82, 2.24) is 9.97 Å². The average molecular weight is 309 g/mol. The average Bonchev–Trinajstić information content (AvgIpc) is 2.60. The van der Waals surface area contributed by atoms with Gasteiger partial charge in [-0.3, -0.25) is 0 Å². The van der Waals surface area contributed by atoms with E-state index in [9.17, 15) is 0 Å². The molecule has 0 radical (unpaired) electrons. The molecule has 2 aromatic rings. The molecule has 23 heavy (non-hydrogen) atoms. The molecule has 1 N–H and O–H groups in total. The van der Waals surface area contributed by atoms with Gasteiger partial charge < -0.3 is 15.0 Å². The van der Waals surface area contributed by atoms with Gasteiger partial charge in [0.15, 0.2) is 0 Å². The molecule has 0 aliphatic carbocycles. The van der Waals surface area contributed by atoms with E-state index in [2.05, 4.69) is 33.2 Å². The molecule has 0 unspecified atom stereocenters. The summed E-state index contributed by atoms with van der Waals surface area (Å²) in [5, 5.41) is 12.2. The van der Waals surface area contributed by atoms with E-state index in [-0.39, 0.29) is 6.10 Å². The number of nitrogens with one attached hydrogen (secondary N) is 1. The van der Waals surface area contributed by atoms with Gasteiger partial charge in [0.2, 0.25) is 0 Å². The summed E-state index contributed by atoms with van der Waals surface area (Å²) in [6.45, 7) is 5.13. The highest BCUT2D eigenvalue weighted by Gasteiger charge is 2.17. The summed E-state index contributed by atoms with van der Waals surface area (Å²) >= 11 is 0. The molecule has 0 saturated carbocycles. The topological polar surface area (TPSA) is 74.1 Å². The minimum Gasteiger partial charge on any atom is -0.375 e. The van der Waals surface area contributed by atoms with Gasteiger partial charge >= 0.3 is 0 Å². The van der Waals surface area contributed by atoms with Crippen LogP contribution in [0.15, 0.2) is 36.7 Å². The third-order valence-electron chi connectivity index (χ3n) is 3.76. The van der Waals surface area contributed by atoms with Crippen molar-refractivity contribution < 1.29 is 4.74 Å². The van der Waals surface area contributed by atoms with Crippen LogP contribution in [0, 0.1) is 11.3 Å². The van der Waals surface area contributed by atoms with E-state index in [1.54, 1.807) is 18.3 Å². The highest BCUT2D eigenvalue weighted by atomic mass is 16.5. The summed E-state index contributed by atoms with van der Waals surface area (Å²) in [5.41, 5.74) is 1.59. The molecule has 2 aromatic heterocycles. The second-order valence-electron chi connectivity index (χ2n) is 5.52. The van der Waals surface area contributed by atoms with E-state index >= 15 is 0 Å². The molecule has 1 atom stereocenters. The van der Waals surface area contributed by atoms with Gasteiger partial charge in [0.25, 0.3) is 0 Å². The van der Waals surface area contributed by atoms with E-state index in [0.717, 1.165) is 31.1 Å². The van der Waals surface area contributed by atoms with Crippen molar-refractivity contribution in [1.29, 1.82) is 5.26 Å². The van der Waals surface area contributed by atoms with Crippen molar-refractivity contribution in [3.05, 3.63) is 47.8 Å². The van der Waals surface area contributed by atoms with Crippen LogP contribution in [0.2, 0.25) is 0 Å². The lowest BCUT2D eigenvalue weighted by Crippen LogP contribution is -2.41. The van der Waals surface area contributed by atoms with Crippen molar-refractivity contribution in [2.24, 2.45) is 0 Å². The Morgan fingerprint density at radius 3 is 3.04 bits per heavy atom. The third kappa shape index (κ3) is 3.76. The smallest absolute Gasteiger partial charge is 0.144 e. The highest BCUT2D eigenvalue weighted by molar-refractivity contribution is 5.51. The lowest BCUT2D eigenvalue weighted by atomic mass is 10.2. The Morgan fingerprint density at radius 2 is 2.30 bits per heavy atom. The van der Waals surface area contributed by atoms with Gasteiger partial charge in [-0.2, -0.15) is 5.26 Å². The number of morpholine rings is 1. The van der Waals surface area contributed by atoms with E-state index in [4.69, 9.17) is 10.00 Å². The van der Waals surface area contributed by atoms with E-state index in [1.165, 1.54) is 0 Å². The Balaban J connectivity index is 1.63. The number of pyridine rings is 2. The predicted molar refractivity (Wildman–Crippen MR) is 88.1 cm³/mol. The fourth-order valence-corrected chi connectivity index (χ4v) is 2.56. The van der Waals surface area contributed by atoms with Crippen molar-refractivity contribution in [2.45, 2.75) is 19.6 Å². The molecule has 0 spiro atoms. The molecule has 0 aromatic carbocycles. The Hall–Kier alpha value is -2.65. The van der Waals surface area contributed by atoms with E-state index < -0.39 is 0 Å². The maximum atomic E-state index is 9.06. The number of nitriles is 1. The van der Waals surface area contributed by atoms with Crippen molar-refractivity contribution in [3.8, 4) is 6.07 Å². The molecule has 1 fully saturated rings. The molecule has 1 aliphatic rings. The lowest BCUT2D eigenvalue weighted by molar-refractivity contribution is 0.0529. The van der Waals surface area contributed by atoms with E-state index in [0.29, 0.717) is 17.9 Å².